The molecule has 1 aromatic heterocycles. The lowest BCUT2D eigenvalue weighted by Crippen LogP contribution is -2.06. The zero-order valence-electron chi connectivity index (χ0n) is 12.7. The van der Waals surface area contributed by atoms with Crippen molar-refractivity contribution >= 4 is 5.82 Å². The van der Waals surface area contributed by atoms with Crippen molar-refractivity contribution in [2.45, 2.75) is 33.2 Å². The Bertz CT molecular complexity index is 682. The lowest BCUT2D eigenvalue weighted by molar-refractivity contribution is 0.413. The molecule has 2 N–H and O–H groups in total. The van der Waals surface area contributed by atoms with Gasteiger partial charge < -0.3 is 15.0 Å². The first-order chi connectivity index (χ1) is 10.2. The van der Waals surface area contributed by atoms with E-state index in [9.17, 15) is 5.26 Å². The SMILES string of the molecule is CCCn1c(CC)nc(-c2ccc(OC)c(C#N)c2)c1N. The molecule has 0 amide bonds. The third-order valence-corrected chi connectivity index (χ3v) is 3.44. The van der Waals surface area contributed by atoms with E-state index >= 15 is 0 Å². The second-order valence-electron chi connectivity index (χ2n) is 4.79. The molecular weight excluding hydrogens is 264 g/mol. The number of nitriles is 1. The Morgan fingerprint density at radius 1 is 1.38 bits per heavy atom. The first kappa shape index (κ1) is 14.9. The number of imidazole rings is 1. The molecule has 5 heteroatoms. The molecule has 0 spiro atoms. The van der Waals surface area contributed by atoms with E-state index in [1.807, 2.05) is 10.6 Å². The molecule has 0 bridgehead atoms. The zero-order valence-corrected chi connectivity index (χ0v) is 12.7. The molecular formula is C16H20N4O. The van der Waals surface area contributed by atoms with Crippen molar-refractivity contribution in [1.82, 2.24) is 9.55 Å². The summed E-state index contributed by atoms with van der Waals surface area (Å²) in [6, 6.07) is 7.57. The number of rotatable bonds is 5. The maximum Gasteiger partial charge on any atom is 0.136 e. The third-order valence-electron chi connectivity index (χ3n) is 3.44. The second kappa shape index (κ2) is 6.31. The van der Waals surface area contributed by atoms with Crippen LogP contribution in [0.4, 0.5) is 5.82 Å². The fourth-order valence-electron chi connectivity index (χ4n) is 2.41. The average molecular weight is 284 g/mol. The second-order valence-corrected chi connectivity index (χ2v) is 4.79. The van der Waals surface area contributed by atoms with Crippen LogP contribution in [0.25, 0.3) is 11.3 Å². The van der Waals surface area contributed by atoms with Crippen LogP contribution in [0.5, 0.6) is 5.75 Å². The number of nitrogens with zero attached hydrogens (tertiary/aromatic N) is 3. The monoisotopic (exact) mass is 284 g/mol. The van der Waals surface area contributed by atoms with Gasteiger partial charge in [0.15, 0.2) is 0 Å². The predicted octanol–water partition coefficient (Wildman–Crippen LogP) is 2.98. The summed E-state index contributed by atoms with van der Waals surface area (Å²) in [5, 5.41) is 9.19. The quantitative estimate of drug-likeness (QED) is 0.915. The molecule has 0 aliphatic heterocycles. The summed E-state index contributed by atoms with van der Waals surface area (Å²) in [4.78, 5) is 4.64. The summed E-state index contributed by atoms with van der Waals surface area (Å²) >= 11 is 0. The lowest BCUT2D eigenvalue weighted by atomic mass is 10.1. The van der Waals surface area contributed by atoms with Gasteiger partial charge in [-0.25, -0.2) is 4.98 Å². The van der Waals surface area contributed by atoms with E-state index < -0.39 is 0 Å². The number of methoxy groups -OCH3 is 1. The standard InChI is InChI=1S/C16H20N4O/c1-4-8-20-14(5-2)19-15(16(20)18)11-6-7-13(21-3)12(9-11)10-17/h6-7,9H,4-5,8,18H2,1-3H3. The van der Waals surface area contributed by atoms with Crippen molar-refractivity contribution in [2.75, 3.05) is 12.8 Å². The number of benzene rings is 1. The van der Waals surface area contributed by atoms with E-state index in [-0.39, 0.29) is 0 Å². The van der Waals surface area contributed by atoms with Gasteiger partial charge in [0.1, 0.15) is 29.2 Å². The van der Waals surface area contributed by atoms with Crippen LogP contribution in [-0.4, -0.2) is 16.7 Å². The molecule has 0 saturated heterocycles. The van der Waals surface area contributed by atoms with Crippen LogP contribution in [0.3, 0.4) is 0 Å². The van der Waals surface area contributed by atoms with Crippen LogP contribution in [-0.2, 0) is 13.0 Å². The molecule has 0 radical (unpaired) electrons. The van der Waals surface area contributed by atoms with Gasteiger partial charge in [-0.2, -0.15) is 5.26 Å². The summed E-state index contributed by atoms with van der Waals surface area (Å²) < 4.78 is 7.21. The molecule has 2 rings (SSSR count). The minimum absolute atomic E-state index is 0.484. The van der Waals surface area contributed by atoms with Gasteiger partial charge in [0, 0.05) is 18.5 Å². The molecule has 0 atom stereocenters. The van der Waals surface area contributed by atoms with Gasteiger partial charge in [-0.15, -0.1) is 0 Å². The number of nitrogens with two attached hydrogens (primary N) is 1. The highest BCUT2D eigenvalue weighted by Gasteiger charge is 2.16. The van der Waals surface area contributed by atoms with Gasteiger partial charge in [-0.1, -0.05) is 13.8 Å². The summed E-state index contributed by atoms with van der Waals surface area (Å²) in [7, 11) is 1.55. The van der Waals surface area contributed by atoms with E-state index in [2.05, 4.69) is 24.9 Å². The van der Waals surface area contributed by atoms with Crippen LogP contribution in [0.15, 0.2) is 18.2 Å². The van der Waals surface area contributed by atoms with E-state index in [0.717, 1.165) is 36.5 Å². The van der Waals surface area contributed by atoms with Crippen LogP contribution < -0.4 is 10.5 Å². The number of hydrogen-bond acceptors (Lipinski definition) is 4. The summed E-state index contributed by atoms with van der Waals surface area (Å²) in [5.41, 5.74) is 8.31. The zero-order chi connectivity index (χ0) is 15.4. The molecule has 0 fully saturated rings. The van der Waals surface area contributed by atoms with Gasteiger partial charge in [-0.05, 0) is 24.6 Å². The number of aryl methyl sites for hydroxylation is 1. The Labute approximate surface area is 125 Å². The van der Waals surface area contributed by atoms with E-state index in [0.29, 0.717) is 17.1 Å². The van der Waals surface area contributed by atoms with Gasteiger partial charge in [0.05, 0.1) is 12.7 Å². The molecule has 0 aliphatic carbocycles. The molecule has 0 saturated carbocycles. The highest BCUT2D eigenvalue weighted by molar-refractivity contribution is 5.73. The number of nitrogen functional groups attached to an aromatic ring is 1. The van der Waals surface area contributed by atoms with Crippen molar-refractivity contribution in [2.24, 2.45) is 0 Å². The van der Waals surface area contributed by atoms with E-state index in [4.69, 9.17) is 10.5 Å². The summed E-state index contributed by atoms with van der Waals surface area (Å²) in [6.07, 6.45) is 1.82. The molecule has 21 heavy (non-hydrogen) atoms. The Balaban J connectivity index is 2.54. The molecule has 0 aliphatic rings. The third kappa shape index (κ3) is 2.70. The fourth-order valence-corrected chi connectivity index (χ4v) is 2.41. The largest absolute Gasteiger partial charge is 0.495 e. The highest BCUT2D eigenvalue weighted by Crippen LogP contribution is 2.30. The molecule has 2 aromatic rings. The molecule has 1 aromatic carbocycles. The number of ether oxygens (including phenoxy) is 1. The number of hydrogen-bond donors (Lipinski definition) is 1. The van der Waals surface area contributed by atoms with Crippen molar-refractivity contribution in [3.63, 3.8) is 0 Å². The van der Waals surface area contributed by atoms with Gasteiger partial charge in [0.25, 0.3) is 0 Å². The van der Waals surface area contributed by atoms with Gasteiger partial charge >= 0.3 is 0 Å². The number of aromatic nitrogens is 2. The van der Waals surface area contributed by atoms with Crippen LogP contribution in [0, 0.1) is 11.3 Å². The van der Waals surface area contributed by atoms with Gasteiger partial charge in [-0.3, -0.25) is 0 Å². The number of anilines is 1. The Kier molecular flexibility index (Phi) is 4.49. The normalized spacial score (nSPS) is 10.4. The van der Waals surface area contributed by atoms with Crippen LogP contribution in [0.1, 0.15) is 31.7 Å². The molecule has 110 valence electrons. The molecule has 1 heterocycles. The van der Waals surface area contributed by atoms with Crippen LogP contribution in [0.2, 0.25) is 0 Å². The summed E-state index contributed by atoms with van der Waals surface area (Å²) in [6.45, 7) is 5.02. The molecule has 0 unspecified atom stereocenters. The van der Waals surface area contributed by atoms with Crippen molar-refractivity contribution < 1.29 is 4.74 Å². The fraction of sp³-hybridized carbons (Fsp3) is 0.375. The maximum atomic E-state index is 9.19. The summed E-state index contributed by atoms with van der Waals surface area (Å²) in [5.74, 6) is 2.19. The average Bonchev–Trinajstić information content (AvgIpc) is 2.83. The Hall–Kier alpha value is -2.48. The van der Waals surface area contributed by atoms with Crippen molar-refractivity contribution in [1.29, 1.82) is 5.26 Å². The minimum Gasteiger partial charge on any atom is -0.495 e. The maximum absolute atomic E-state index is 9.19. The smallest absolute Gasteiger partial charge is 0.136 e. The first-order valence-electron chi connectivity index (χ1n) is 7.09. The van der Waals surface area contributed by atoms with E-state index in [1.165, 1.54) is 0 Å². The lowest BCUT2D eigenvalue weighted by Gasteiger charge is -2.07. The van der Waals surface area contributed by atoms with Crippen molar-refractivity contribution in [3.05, 3.63) is 29.6 Å². The Morgan fingerprint density at radius 3 is 2.71 bits per heavy atom. The van der Waals surface area contributed by atoms with Gasteiger partial charge in [0.2, 0.25) is 0 Å². The first-order valence-corrected chi connectivity index (χ1v) is 7.09. The van der Waals surface area contributed by atoms with Crippen molar-refractivity contribution in [3.8, 4) is 23.1 Å². The minimum atomic E-state index is 0.484. The molecule has 5 nitrogen and oxygen atoms in total. The van der Waals surface area contributed by atoms with Crippen LogP contribution >= 0.6 is 0 Å². The van der Waals surface area contributed by atoms with E-state index in [1.54, 1.807) is 19.2 Å². The Morgan fingerprint density at radius 2 is 2.14 bits per heavy atom. The highest BCUT2D eigenvalue weighted by atomic mass is 16.5. The topological polar surface area (TPSA) is 76.9 Å². The predicted molar refractivity (Wildman–Crippen MR) is 83.0 cm³/mol.